The predicted octanol–water partition coefficient (Wildman–Crippen LogP) is 3.12. The van der Waals surface area contributed by atoms with Crippen LogP contribution in [-0.2, 0) is 4.79 Å². The average molecular weight is 266 g/mol. The third-order valence-corrected chi connectivity index (χ3v) is 5.20. The van der Waals surface area contributed by atoms with Crippen molar-refractivity contribution in [1.29, 1.82) is 0 Å². The van der Waals surface area contributed by atoms with Gasteiger partial charge >= 0.3 is 0 Å². The zero-order chi connectivity index (χ0) is 13.7. The maximum Gasteiger partial charge on any atom is 0.237 e. The van der Waals surface area contributed by atoms with Gasteiger partial charge in [0.2, 0.25) is 5.91 Å². The molecule has 2 unspecified atom stereocenters. The monoisotopic (exact) mass is 266 g/mol. The summed E-state index contributed by atoms with van der Waals surface area (Å²) in [7, 11) is 0. The fourth-order valence-electron chi connectivity index (χ4n) is 4.03. The van der Waals surface area contributed by atoms with Crippen molar-refractivity contribution < 1.29 is 4.79 Å². The van der Waals surface area contributed by atoms with Gasteiger partial charge in [0.05, 0.1) is 5.54 Å². The van der Waals surface area contributed by atoms with E-state index in [1.165, 1.54) is 44.9 Å². The van der Waals surface area contributed by atoms with Crippen LogP contribution in [0.3, 0.4) is 0 Å². The zero-order valence-electron chi connectivity index (χ0n) is 12.4. The molecule has 2 fully saturated rings. The van der Waals surface area contributed by atoms with E-state index >= 15 is 0 Å². The van der Waals surface area contributed by atoms with Gasteiger partial charge in [0, 0.05) is 6.04 Å². The zero-order valence-corrected chi connectivity index (χ0v) is 12.4. The number of amides is 1. The van der Waals surface area contributed by atoms with Crippen molar-refractivity contribution >= 4 is 5.91 Å². The van der Waals surface area contributed by atoms with Crippen LogP contribution in [0.15, 0.2) is 0 Å². The summed E-state index contributed by atoms with van der Waals surface area (Å²) < 4.78 is 0. The topological polar surface area (TPSA) is 55.1 Å². The first-order valence-electron chi connectivity index (χ1n) is 8.24. The Morgan fingerprint density at radius 1 is 1.16 bits per heavy atom. The van der Waals surface area contributed by atoms with E-state index in [1.54, 1.807) is 0 Å². The molecule has 1 amide bonds. The summed E-state index contributed by atoms with van der Waals surface area (Å²) >= 11 is 0. The largest absolute Gasteiger partial charge is 0.368 e. The molecule has 2 saturated carbocycles. The summed E-state index contributed by atoms with van der Waals surface area (Å²) in [4.78, 5) is 12.0. The van der Waals surface area contributed by atoms with E-state index in [9.17, 15) is 4.79 Å². The molecule has 2 aliphatic carbocycles. The molecule has 0 aromatic heterocycles. The number of rotatable bonds is 5. The van der Waals surface area contributed by atoms with Crippen LogP contribution in [0.5, 0.6) is 0 Å². The Hall–Kier alpha value is -0.570. The van der Waals surface area contributed by atoms with Gasteiger partial charge in [0.15, 0.2) is 0 Å². The first-order chi connectivity index (χ1) is 9.16. The van der Waals surface area contributed by atoms with Gasteiger partial charge in [0.25, 0.3) is 0 Å². The number of nitrogens with two attached hydrogens (primary N) is 1. The summed E-state index contributed by atoms with van der Waals surface area (Å²) in [5.74, 6) is 0.688. The quantitative estimate of drug-likeness (QED) is 0.751. The Balaban J connectivity index is 1.99. The van der Waals surface area contributed by atoms with Gasteiger partial charge in [-0.15, -0.1) is 0 Å². The highest BCUT2D eigenvalue weighted by atomic mass is 16.1. The molecule has 2 atom stereocenters. The van der Waals surface area contributed by atoms with Crippen molar-refractivity contribution in [2.45, 2.75) is 89.1 Å². The third-order valence-electron chi connectivity index (χ3n) is 5.20. The van der Waals surface area contributed by atoms with Gasteiger partial charge in [-0.3, -0.25) is 4.79 Å². The summed E-state index contributed by atoms with van der Waals surface area (Å²) in [6.07, 6.45) is 13.1. The number of primary amides is 1. The minimum atomic E-state index is -0.405. The van der Waals surface area contributed by atoms with Gasteiger partial charge in [-0.05, 0) is 38.0 Å². The van der Waals surface area contributed by atoms with Gasteiger partial charge in [-0.2, -0.15) is 0 Å². The Kier molecular flexibility index (Phi) is 5.26. The molecule has 0 aliphatic heterocycles. The first-order valence-corrected chi connectivity index (χ1v) is 8.24. The lowest BCUT2D eigenvalue weighted by molar-refractivity contribution is -0.125. The SMILES string of the molecule is CCCC1CCCC(NC2CCCC2)(C(N)=O)CC1. The smallest absolute Gasteiger partial charge is 0.237 e. The fourth-order valence-corrected chi connectivity index (χ4v) is 4.03. The second kappa shape index (κ2) is 6.74. The highest BCUT2D eigenvalue weighted by Crippen LogP contribution is 2.34. The van der Waals surface area contributed by atoms with Crippen molar-refractivity contribution in [3.63, 3.8) is 0 Å². The van der Waals surface area contributed by atoms with Crippen LogP contribution < -0.4 is 11.1 Å². The molecule has 0 aromatic rings. The van der Waals surface area contributed by atoms with Crippen molar-refractivity contribution in [1.82, 2.24) is 5.32 Å². The molecule has 0 saturated heterocycles. The van der Waals surface area contributed by atoms with Crippen molar-refractivity contribution in [3.05, 3.63) is 0 Å². The third kappa shape index (κ3) is 3.71. The van der Waals surface area contributed by atoms with E-state index in [0.717, 1.165) is 31.6 Å². The number of carbonyl (C=O) groups excluding carboxylic acids is 1. The lowest BCUT2D eigenvalue weighted by atomic mass is 9.87. The molecular weight excluding hydrogens is 236 g/mol. The number of hydrogen-bond donors (Lipinski definition) is 2. The van der Waals surface area contributed by atoms with E-state index in [2.05, 4.69) is 12.2 Å². The number of carbonyl (C=O) groups is 1. The molecule has 0 bridgehead atoms. The molecule has 0 aromatic carbocycles. The molecule has 0 heterocycles. The van der Waals surface area contributed by atoms with Gasteiger partial charge in [0.1, 0.15) is 0 Å². The molecule has 3 N–H and O–H groups in total. The van der Waals surface area contributed by atoms with Crippen molar-refractivity contribution in [3.8, 4) is 0 Å². The minimum Gasteiger partial charge on any atom is -0.368 e. The van der Waals surface area contributed by atoms with Crippen LogP contribution in [0, 0.1) is 5.92 Å². The predicted molar refractivity (Wildman–Crippen MR) is 78.8 cm³/mol. The molecule has 110 valence electrons. The Morgan fingerprint density at radius 2 is 1.89 bits per heavy atom. The second-order valence-corrected chi connectivity index (χ2v) is 6.66. The molecule has 0 spiro atoms. The highest BCUT2D eigenvalue weighted by Gasteiger charge is 2.40. The number of hydrogen-bond acceptors (Lipinski definition) is 2. The van der Waals surface area contributed by atoms with Crippen molar-refractivity contribution in [2.24, 2.45) is 11.7 Å². The molecule has 0 radical (unpaired) electrons. The average Bonchev–Trinajstić information content (AvgIpc) is 2.79. The number of nitrogens with one attached hydrogen (secondary N) is 1. The fraction of sp³-hybridized carbons (Fsp3) is 0.938. The molecule has 3 heteroatoms. The van der Waals surface area contributed by atoms with Crippen LogP contribution in [-0.4, -0.2) is 17.5 Å². The summed E-state index contributed by atoms with van der Waals surface area (Å²) in [6, 6.07) is 0.523. The summed E-state index contributed by atoms with van der Waals surface area (Å²) in [6.45, 7) is 2.25. The van der Waals surface area contributed by atoms with Crippen LogP contribution in [0.25, 0.3) is 0 Å². The van der Waals surface area contributed by atoms with Crippen LogP contribution in [0.4, 0.5) is 0 Å². The maximum absolute atomic E-state index is 12.0. The van der Waals surface area contributed by atoms with Crippen LogP contribution in [0.1, 0.15) is 77.6 Å². The lowest BCUT2D eigenvalue weighted by Gasteiger charge is -2.34. The highest BCUT2D eigenvalue weighted by molar-refractivity contribution is 5.84. The Bertz CT molecular complexity index is 299. The molecule has 19 heavy (non-hydrogen) atoms. The van der Waals surface area contributed by atoms with Gasteiger partial charge in [-0.25, -0.2) is 0 Å². The van der Waals surface area contributed by atoms with Crippen LogP contribution >= 0.6 is 0 Å². The molecule has 2 rings (SSSR count). The summed E-state index contributed by atoms with van der Waals surface area (Å²) in [5.41, 5.74) is 5.36. The standard InChI is InChI=1S/C16H30N2O/c1-2-6-13-7-5-11-16(12-10-13,15(17)19)18-14-8-3-4-9-14/h13-14,18H,2-12H2,1H3,(H2,17,19). The van der Waals surface area contributed by atoms with Crippen molar-refractivity contribution in [2.75, 3.05) is 0 Å². The van der Waals surface area contributed by atoms with E-state index in [0.29, 0.717) is 6.04 Å². The van der Waals surface area contributed by atoms with E-state index < -0.39 is 5.54 Å². The van der Waals surface area contributed by atoms with E-state index in [4.69, 9.17) is 5.73 Å². The first kappa shape index (κ1) is 14.8. The van der Waals surface area contributed by atoms with Gasteiger partial charge < -0.3 is 11.1 Å². The molecule has 3 nitrogen and oxygen atoms in total. The summed E-state index contributed by atoms with van der Waals surface area (Å²) in [5, 5.41) is 3.66. The maximum atomic E-state index is 12.0. The van der Waals surface area contributed by atoms with Crippen LogP contribution in [0.2, 0.25) is 0 Å². The van der Waals surface area contributed by atoms with E-state index in [-0.39, 0.29) is 5.91 Å². The van der Waals surface area contributed by atoms with E-state index in [1.807, 2.05) is 0 Å². The normalized spacial score (nSPS) is 33.2. The minimum absolute atomic E-state index is 0.114. The lowest BCUT2D eigenvalue weighted by Crippen LogP contribution is -2.58. The molecule has 2 aliphatic rings. The van der Waals surface area contributed by atoms with Gasteiger partial charge in [-0.1, -0.05) is 45.4 Å². The molecular formula is C16H30N2O. The second-order valence-electron chi connectivity index (χ2n) is 6.66. The Labute approximate surface area is 117 Å². The Morgan fingerprint density at radius 3 is 2.53 bits per heavy atom.